The van der Waals surface area contributed by atoms with Crippen LogP contribution in [0, 0.1) is 0 Å². The molecule has 28 heavy (non-hydrogen) atoms. The van der Waals surface area contributed by atoms with Crippen molar-refractivity contribution in [1.29, 1.82) is 0 Å². The number of aliphatic carboxylic acids is 1. The first-order valence-corrected chi connectivity index (χ1v) is 10.3. The summed E-state index contributed by atoms with van der Waals surface area (Å²) >= 11 is 2.92. The Bertz CT molecular complexity index is 931. The summed E-state index contributed by atoms with van der Waals surface area (Å²) in [6.45, 7) is 0. The van der Waals surface area contributed by atoms with Gasteiger partial charge in [0, 0.05) is 10.6 Å². The van der Waals surface area contributed by atoms with E-state index in [9.17, 15) is 19.5 Å². The average Bonchev–Trinajstić information content (AvgIpc) is 3.18. The maximum Gasteiger partial charge on any atom is 1.00 e. The fourth-order valence-electron chi connectivity index (χ4n) is 3.26. The van der Waals surface area contributed by atoms with E-state index in [1.165, 1.54) is 28.0 Å². The van der Waals surface area contributed by atoms with E-state index in [-0.39, 0.29) is 47.6 Å². The summed E-state index contributed by atoms with van der Waals surface area (Å²) < 4.78 is 0. The maximum absolute atomic E-state index is 12.6. The number of thiophene rings is 1. The molecule has 0 aliphatic carbocycles. The number of benzene rings is 1. The number of carboxylic acids is 1. The van der Waals surface area contributed by atoms with Crippen LogP contribution in [0.5, 0.6) is 0 Å². The fourth-order valence-corrected chi connectivity index (χ4v) is 5.34. The molecule has 1 aromatic heterocycles. The minimum absolute atomic E-state index is 0. The minimum Gasteiger partial charge on any atom is -0.543 e. The molecule has 2 aliphatic heterocycles. The Hall–Kier alpha value is -1.58. The molecule has 2 aromatic rings. The van der Waals surface area contributed by atoms with Gasteiger partial charge >= 0.3 is 29.6 Å². The van der Waals surface area contributed by atoms with Crippen molar-refractivity contribution in [1.82, 2.24) is 10.2 Å². The van der Waals surface area contributed by atoms with Crippen molar-refractivity contribution in [3.8, 4) is 0 Å². The van der Waals surface area contributed by atoms with Crippen LogP contribution in [0.1, 0.15) is 10.4 Å². The van der Waals surface area contributed by atoms with E-state index >= 15 is 0 Å². The molecule has 0 radical (unpaired) electrons. The molecule has 2 aliphatic rings. The number of carboxylic acid groups (broad SMARTS) is 1. The van der Waals surface area contributed by atoms with Crippen LogP contribution >= 0.6 is 23.1 Å². The molecule has 2 amide bonds. The molecule has 0 spiro atoms. The Balaban J connectivity index is 0.00000225. The molecule has 3 heterocycles. The predicted molar refractivity (Wildman–Crippen MR) is 101 cm³/mol. The van der Waals surface area contributed by atoms with Gasteiger partial charge < -0.3 is 15.2 Å². The van der Waals surface area contributed by atoms with Crippen molar-refractivity contribution >= 4 is 46.5 Å². The molecule has 0 bridgehead atoms. The number of β-lactam (4-membered cyclic amide) rings is 1. The van der Waals surface area contributed by atoms with E-state index in [1.807, 2.05) is 47.8 Å². The van der Waals surface area contributed by atoms with Crippen LogP contribution in [0.15, 0.2) is 53.5 Å². The van der Waals surface area contributed by atoms with Crippen molar-refractivity contribution < 1.29 is 49.0 Å². The SMILES string of the molecule is O=C(Cc1cccs1)N[C@@H]1C(=O)N2C(C(=O)[O-])=C(c3ccccc3)CS[C@@H]12.[Na+]. The van der Waals surface area contributed by atoms with Gasteiger partial charge in [0.25, 0.3) is 5.91 Å². The van der Waals surface area contributed by atoms with Gasteiger partial charge in [-0.25, -0.2) is 0 Å². The molecule has 138 valence electrons. The number of rotatable bonds is 5. The van der Waals surface area contributed by atoms with Crippen LogP contribution in [0.25, 0.3) is 5.57 Å². The van der Waals surface area contributed by atoms with E-state index in [4.69, 9.17) is 0 Å². The van der Waals surface area contributed by atoms with Crippen molar-refractivity contribution in [2.75, 3.05) is 5.75 Å². The molecule has 1 fully saturated rings. The van der Waals surface area contributed by atoms with Crippen LogP contribution in [-0.4, -0.2) is 39.9 Å². The number of hydrogen-bond acceptors (Lipinski definition) is 6. The predicted octanol–water partition coefficient (Wildman–Crippen LogP) is -2.14. The summed E-state index contributed by atoms with van der Waals surface area (Å²) in [7, 11) is 0. The number of fused-ring (bicyclic) bond motifs is 1. The monoisotopic (exact) mass is 422 g/mol. The molecule has 1 aromatic carbocycles. The van der Waals surface area contributed by atoms with Gasteiger partial charge in [0.2, 0.25) is 5.91 Å². The van der Waals surface area contributed by atoms with E-state index < -0.39 is 23.3 Å². The van der Waals surface area contributed by atoms with Crippen LogP contribution in [0.4, 0.5) is 0 Å². The number of nitrogens with zero attached hydrogens (tertiary/aromatic N) is 1. The van der Waals surface area contributed by atoms with E-state index in [2.05, 4.69) is 5.32 Å². The van der Waals surface area contributed by atoms with Gasteiger partial charge in [0.15, 0.2) is 0 Å². The van der Waals surface area contributed by atoms with Crippen molar-refractivity contribution in [3.63, 3.8) is 0 Å². The van der Waals surface area contributed by atoms with E-state index in [0.717, 1.165) is 10.4 Å². The number of nitrogens with one attached hydrogen (secondary N) is 1. The fraction of sp³-hybridized carbons (Fsp3) is 0.211. The summed E-state index contributed by atoms with van der Waals surface area (Å²) in [5.41, 5.74) is 1.22. The zero-order valence-electron chi connectivity index (χ0n) is 15.1. The average molecular weight is 422 g/mol. The van der Waals surface area contributed by atoms with Crippen LogP contribution < -0.4 is 40.0 Å². The zero-order chi connectivity index (χ0) is 19.0. The van der Waals surface area contributed by atoms with Crippen LogP contribution in [0.3, 0.4) is 0 Å². The van der Waals surface area contributed by atoms with Gasteiger partial charge in [0.1, 0.15) is 11.4 Å². The third kappa shape index (κ3) is 3.92. The second-order valence-corrected chi connectivity index (χ2v) is 8.33. The Kier molecular flexibility index (Phi) is 6.67. The quantitative estimate of drug-likeness (QED) is 0.439. The molecular formula is C19H15N2NaO4S2. The third-order valence-electron chi connectivity index (χ3n) is 4.52. The van der Waals surface area contributed by atoms with Gasteiger partial charge in [-0.2, -0.15) is 0 Å². The van der Waals surface area contributed by atoms with Gasteiger partial charge in [0.05, 0.1) is 18.1 Å². The maximum atomic E-state index is 12.6. The summed E-state index contributed by atoms with van der Waals surface area (Å²) in [6, 6.07) is 12.1. The zero-order valence-corrected chi connectivity index (χ0v) is 18.7. The Labute approximate surface area is 192 Å². The first-order chi connectivity index (χ1) is 13.1. The van der Waals surface area contributed by atoms with Crippen LogP contribution in [0.2, 0.25) is 0 Å². The molecule has 2 atom stereocenters. The van der Waals surface area contributed by atoms with Crippen LogP contribution in [-0.2, 0) is 20.8 Å². The first-order valence-electron chi connectivity index (χ1n) is 8.32. The van der Waals surface area contributed by atoms with Crippen molar-refractivity contribution in [2.24, 2.45) is 0 Å². The molecule has 0 unspecified atom stereocenters. The molecule has 4 rings (SSSR count). The van der Waals surface area contributed by atoms with Gasteiger partial charge in [-0.05, 0) is 22.6 Å². The van der Waals surface area contributed by atoms with Crippen molar-refractivity contribution in [3.05, 3.63) is 64.0 Å². The molecular weight excluding hydrogens is 407 g/mol. The summed E-state index contributed by atoms with van der Waals surface area (Å²) in [5, 5.41) is 16.0. The summed E-state index contributed by atoms with van der Waals surface area (Å²) in [6.07, 6.45) is 0.206. The van der Waals surface area contributed by atoms with Crippen molar-refractivity contribution in [2.45, 2.75) is 17.8 Å². The number of hydrogen-bond donors (Lipinski definition) is 1. The number of carbonyl (C=O) groups excluding carboxylic acids is 3. The summed E-state index contributed by atoms with van der Waals surface area (Å²) in [4.78, 5) is 38.7. The number of carbonyl (C=O) groups is 3. The van der Waals surface area contributed by atoms with E-state index in [1.54, 1.807) is 0 Å². The second-order valence-electron chi connectivity index (χ2n) is 6.19. The normalized spacial score (nSPS) is 20.7. The third-order valence-corrected chi connectivity index (χ3v) is 6.67. The topological polar surface area (TPSA) is 89.5 Å². The van der Waals surface area contributed by atoms with Gasteiger partial charge in [-0.15, -0.1) is 23.1 Å². The molecule has 0 saturated carbocycles. The molecule has 6 nitrogen and oxygen atoms in total. The Morgan fingerprint density at radius 3 is 2.57 bits per heavy atom. The smallest absolute Gasteiger partial charge is 0.543 e. The summed E-state index contributed by atoms with van der Waals surface area (Å²) in [5.74, 6) is -1.61. The minimum atomic E-state index is -1.38. The first kappa shape index (κ1) is 21.1. The molecule has 9 heteroatoms. The van der Waals surface area contributed by atoms with Gasteiger partial charge in [-0.1, -0.05) is 36.4 Å². The Morgan fingerprint density at radius 2 is 1.93 bits per heavy atom. The molecule has 1 saturated heterocycles. The number of thioether (sulfide) groups is 1. The Morgan fingerprint density at radius 1 is 1.18 bits per heavy atom. The van der Waals surface area contributed by atoms with Gasteiger partial charge in [-0.3, -0.25) is 14.5 Å². The standard InChI is InChI=1S/C19H16N2O4S2.Na/c22-14(9-12-7-4-8-26-12)20-15-17(23)21-16(19(24)25)13(10-27-18(15)21)11-5-2-1-3-6-11;/h1-8,15,18H,9-10H2,(H,20,22)(H,24,25);/q;+1/p-1/t15-,18+;/m1./s1. The number of amides is 2. The largest absolute Gasteiger partial charge is 1.00 e. The second kappa shape index (κ2) is 8.84. The molecule has 1 N–H and O–H groups in total. The van der Waals surface area contributed by atoms with E-state index in [0.29, 0.717) is 11.3 Å².